The smallest absolute Gasteiger partial charge is 0.150 e. The summed E-state index contributed by atoms with van der Waals surface area (Å²) in [6.07, 6.45) is 1.41. The van der Waals surface area contributed by atoms with Crippen LogP contribution in [0.1, 0.15) is 24.0 Å². The number of nitrogens with two attached hydrogens (primary N) is 1. The molecule has 1 saturated heterocycles. The molecular weight excluding hydrogens is 262 g/mol. The fourth-order valence-electron chi connectivity index (χ4n) is 2.34. The summed E-state index contributed by atoms with van der Waals surface area (Å²) in [5.74, 6) is 1.74. The number of rotatable bonds is 3. The highest BCUT2D eigenvalue weighted by atomic mass is 32.2. The average Bonchev–Trinajstić information content (AvgIpc) is 2.34. The minimum atomic E-state index is -2.79. The van der Waals surface area contributed by atoms with Gasteiger partial charge in [-0.1, -0.05) is 0 Å². The van der Waals surface area contributed by atoms with Crippen molar-refractivity contribution in [2.24, 2.45) is 5.92 Å². The van der Waals surface area contributed by atoms with Crippen LogP contribution in [0.2, 0.25) is 0 Å². The van der Waals surface area contributed by atoms with Crippen molar-refractivity contribution in [3.63, 3.8) is 0 Å². The molecule has 1 aromatic carbocycles. The van der Waals surface area contributed by atoms with Crippen LogP contribution in [0.5, 0.6) is 5.75 Å². The van der Waals surface area contributed by atoms with E-state index in [0.29, 0.717) is 36.9 Å². The van der Waals surface area contributed by atoms with Crippen LogP contribution in [0.15, 0.2) is 12.1 Å². The zero-order valence-electron chi connectivity index (χ0n) is 11.5. The zero-order valence-corrected chi connectivity index (χ0v) is 12.3. The summed E-state index contributed by atoms with van der Waals surface area (Å²) in [6.45, 7) is 4.50. The lowest BCUT2D eigenvalue weighted by atomic mass is 10.0. The summed E-state index contributed by atoms with van der Waals surface area (Å²) in [5.41, 5.74) is 8.73. The van der Waals surface area contributed by atoms with Crippen molar-refractivity contribution in [1.29, 1.82) is 0 Å². The first-order valence-corrected chi connectivity index (χ1v) is 8.39. The average molecular weight is 283 g/mol. The summed E-state index contributed by atoms with van der Waals surface area (Å²) in [4.78, 5) is 0. The van der Waals surface area contributed by atoms with Crippen LogP contribution in [0, 0.1) is 19.8 Å². The Morgan fingerprint density at radius 1 is 1.21 bits per heavy atom. The molecular formula is C14H21NO3S. The monoisotopic (exact) mass is 283 g/mol. The summed E-state index contributed by atoms with van der Waals surface area (Å²) < 4.78 is 28.5. The molecule has 0 spiro atoms. The first-order valence-electron chi connectivity index (χ1n) is 6.57. The van der Waals surface area contributed by atoms with Crippen molar-refractivity contribution in [1.82, 2.24) is 0 Å². The number of nitrogen functional groups attached to an aromatic ring is 1. The van der Waals surface area contributed by atoms with Crippen molar-refractivity contribution in [3.8, 4) is 5.75 Å². The van der Waals surface area contributed by atoms with Gasteiger partial charge in [-0.25, -0.2) is 8.42 Å². The molecule has 0 atom stereocenters. The lowest BCUT2D eigenvalue weighted by Crippen LogP contribution is -2.26. The Hall–Kier alpha value is -1.23. The fraction of sp³-hybridized carbons (Fsp3) is 0.571. The Bertz CT molecular complexity index is 529. The molecule has 19 heavy (non-hydrogen) atoms. The Morgan fingerprint density at radius 3 is 2.26 bits per heavy atom. The molecule has 0 amide bonds. The maximum Gasteiger partial charge on any atom is 0.150 e. The molecule has 1 heterocycles. The summed E-state index contributed by atoms with van der Waals surface area (Å²) >= 11 is 0. The van der Waals surface area contributed by atoms with Gasteiger partial charge < -0.3 is 10.5 Å². The minimum Gasteiger partial charge on any atom is -0.493 e. The van der Waals surface area contributed by atoms with Gasteiger partial charge in [-0.2, -0.15) is 0 Å². The van der Waals surface area contributed by atoms with Gasteiger partial charge in [-0.3, -0.25) is 0 Å². The lowest BCUT2D eigenvalue weighted by Gasteiger charge is -2.22. The van der Waals surface area contributed by atoms with Gasteiger partial charge in [0.1, 0.15) is 15.6 Å². The van der Waals surface area contributed by atoms with Crippen LogP contribution in [0.3, 0.4) is 0 Å². The fourth-order valence-corrected chi connectivity index (χ4v) is 3.93. The van der Waals surface area contributed by atoms with Crippen LogP contribution in [-0.2, 0) is 9.84 Å². The highest BCUT2D eigenvalue weighted by Crippen LogP contribution is 2.25. The quantitative estimate of drug-likeness (QED) is 0.862. The molecule has 1 aromatic rings. The first kappa shape index (κ1) is 14.2. The number of benzene rings is 1. The first-order chi connectivity index (χ1) is 8.87. The molecule has 1 aliphatic rings. The minimum absolute atomic E-state index is 0.292. The van der Waals surface area contributed by atoms with Gasteiger partial charge in [0.25, 0.3) is 0 Å². The summed E-state index contributed by atoms with van der Waals surface area (Å²) in [7, 11) is -2.79. The Morgan fingerprint density at radius 2 is 1.74 bits per heavy atom. The third-order valence-corrected chi connectivity index (χ3v) is 5.44. The molecule has 0 aromatic heterocycles. The summed E-state index contributed by atoms with van der Waals surface area (Å²) in [5, 5.41) is 0. The van der Waals surface area contributed by atoms with Crippen molar-refractivity contribution in [2.45, 2.75) is 26.7 Å². The van der Waals surface area contributed by atoms with E-state index in [0.717, 1.165) is 22.6 Å². The van der Waals surface area contributed by atoms with E-state index in [1.807, 2.05) is 26.0 Å². The van der Waals surface area contributed by atoms with Gasteiger partial charge in [0, 0.05) is 5.69 Å². The van der Waals surface area contributed by atoms with E-state index in [1.165, 1.54) is 0 Å². The van der Waals surface area contributed by atoms with Gasteiger partial charge in [0.15, 0.2) is 0 Å². The number of hydrogen-bond donors (Lipinski definition) is 1. The van der Waals surface area contributed by atoms with E-state index in [1.54, 1.807) is 0 Å². The number of hydrogen-bond acceptors (Lipinski definition) is 4. The largest absolute Gasteiger partial charge is 0.493 e. The molecule has 5 heteroatoms. The number of anilines is 1. The van der Waals surface area contributed by atoms with E-state index in [2.05, 4.69) is 0 Å². The second kappa shape index (κ2) is 5.41. The van der Waals surface area contributed by atoms with Gasteiger partial charge >= 0.3 is 0 Å². The third kappa shape index (κ3) is 3.62. The molecule has 0 radical (unpaired) electrons. The molecule has 4 nitrogen and oxygen atoms in total. The molecule has 2 N–H and O–H groups in total. The van der Waals surface area contributed by atoms with Crippen molar-refractivity contribution >= 4 is 15.5 Å². The lowest BCUT2D eigenvalue weighted by molar-refractivity contribution is 0.238. The highest BCUT2D eigenvalue weighted by Gasteiger charge is 2.23. The number of sulfone groups is 1. The molecule has 1 aliphatic heterocycles. The van der Waals surface area contributed by atoms with Crippen LogP contribution >= 0.6 is 0 Å². The Labute approximate surface area is 114 Å². The van der Waals surface area contributed by atoms with Crippen LogP contribution in [0.4, 0.5) is 5.69 Å². The predicted molar refractivity (Wildman–Crippen MR) is 77.2 cm³/mol. The van der Waals surface area contributed by atoms with E-state index < -0.39 is 9.84 Å². The SMILES string of the molecule is Cc1cc(OCC2CCS(=O)(=O)CC2)cc(C)c1N. The van der Waals surface area contributed by atoms with E-state index in [4.69, 9.17) is 10.5 Å². The van der Waals surface area contributed by atoms with E-state index in [9.17, 15) is 8.42 Å². The van der Waals surface area contributed by atoms with Crippen LogP contribution < -0.4 is 10.5 Å². The van der Waals surface area contributed by atoms with E-state index in [-0.39, 0.29) is 0 Å². The van der Waals surface area contributed by atoms with Crippen LogP contribution in [0.25, 0.3) is 0 Å². The van der Waals surface area contributed by atoms with Gasteiger partial charge in [-0.15, -0.1) is 0 Å². The van der Waals surface area contributed by atoms with Gasteiger partial charge in [0.05, 0.1) is 18.1 Å². The molecule has 1 fully saturated rings. The van der Waals surface area contributed by atoms with Crippen molar-refractivity contribution < 1.29 is 13.2 Å². The van der Waals surface area contributed by atoms with Gasteiger partial charge in [-0.05, 0) is 55.9 Å². The maximum atomic E-state index is 11.3. The topological polar surface area (TPSA) is 69.4 Å². The van der Waals surface area contributed by atoms with Gasteiger partial charge in [0.2, 0.25) is 0 Å². The molecule has 2 rings (SSSR count). The predicted octanol–water partition coefficient (Wildman–Crippen LogP) is 2.09. The van der Waals surface area contributed by atoms with Crippen molar-refractivity contribution in [2.75, 3.05) is 23.8 Å². The molecule has 0 saturated carbocycles. The third-order valence-electron chi connectivity index (χ3n) is 3.73. The standard InChI is InChI=1S/C14H21NO3S/c1-10-7-13(8-11(2)14(10)15)18-9-12-3-5-19(16,17)6-4-12/h7-8,12H,3-6,9,15H2,1-2H3. The van der Waals surface area contributed by atoms with Crippen LogP contribution in [-0.4, -0.2) is 26.5 Å². The second-order valence-corrected chi connectivity index (χ2v) is 7.68. The molecule has 0 bridgehead atoms. The number of aryl methyl sites for hydroxylation is 2. The summed E-state index contributed by atoms with van der Waals surface area (Å²) in [6, 6.07) is 3.86. The molecule has 106 valence electrons. The van der Waals surface area contributed by atoms with E-state index >= 15 is 0 Å². The Balaban J connectivity index is 1.93. The van der Waals surface area contributed by atoms with Crippen molar-refractivity contribution in [3.05, 3.63) is 23.3 Å². The zero-order chi connectivity index (χ0) is 14.0. The second-order valence-electron chi connectivity index (χ2n) is 5.38. The highest BCUT2D eigenvalue weighted by molar-refractivity contribution is 7.91. The molecule has 0 aliphatic carbocycles. The molecule has 0 unspecified atom stereocenters. The maximum absolute atomic E-state index is 11.3. The number of ether oxygens (including phenoxy) is 1. The Kier molecular flexibility index (Phi) is 4.04. The normalized spacial score (nSPS) is 19.3.